The summed E-state index contributed by atoms with van der Waals surface area (Å²) in [5, 5.41) is 0. The van der Waals surface area contributed by atoms with Crippen LogP contribution in [0.5, 0.6) is 5.88 Å². The highest BCUT2D eigenvalue weighted by molar-refractivity contribution is 14.1. The second kappa shape index (κ2) is 6.37. The smallest absolute Gasteiger partial charge is 0.462 e. The summed E-state index contributed by atoms with van der Waals surface area (Å²) in [4.78, 5) is 15.0. The maximum Gasteiger partial charge on any atom is 0.574 e. The first kappa shape index (κ1) is 16.0. The Labute approximate surface area is 120 Å². The molecule has 2 N–H and O–H groups in total. The van der Waals surface area contributed by atoms with Gasteiger partial charge in [-0.2, -0.15) is 0 Å². The monoisotopic (exact) mass is 390 g/mol. The van der Waals surface area contributed by atoms with Crippen LogP contribution in [-0.4, -0.2) is 23.9 Å². The molecular weight excluding hydrogens is 380 g/mol. The fourth-order valence-electron chi connectivity index (χ4n) is 1.24. The van der Waals surface area contributed by atoms with Crippen molar-refractivity contribution in [3.8, 4) is 5.88 Å². The Hall–Kier alpha value is -1.10. The molecule has 1 heterocycles. The fourth-order valence-corrected chi connectivity index (χ4v) is 2.05. The summed E-state index contributed by atoms with van der Waals surface area (Å²) in [6, 6.07) is 0. The van der Waals surface area contributed by atoms with E-state index in [1.165, 1.54) is 0 Å². The highest BCUT2D eigenvalue weighted by atomic mass is 127. The van der Waals surface area contributed by atoms with Crippen molar-refractivity contribution in [3.63, 3.8) is 0 Å². The van der Waals surface area contributed by atoms with E-state index in [9.17, 15) is 18.0 Å². The van der Waals surface area contributed by atoms with Crippen molar-refractivity contribution in [2.24, 2.45) is 5.73 Å². The lowest BCUT2D eigenvalue weighted by Gasteiger charge is -2.14. The van der Waals surface area contributed by atoms with E-state index in [1.54, 1.807) is 29.5 Å². The van der Waals surface area contributed by atoms with Gasteiger partial charge in [0.1, 0.15) is 0 Å². The molecule has 0 bridgehead atoms. The van der Waals surface area contributed by atoms with E-state index in [4.69, 9.17) is 10.5 Å². The zero-order chi connectivity index (χ0) is 14.6. The van der Waals surface area contributed by atoms with E-state index in [0.29, 0.717) is 0 Å². The van der Waals surface area contributed by atoms with Gasteiger partial charge in [-0.05, 0) is 29.5 Å². The van der Waals surface area contributed by atoms with Crippen LogP contribution < -0.4 is 10.5 Å². The van der Waals surface area contributed by atoms with Crippen molar-refractivity contribution < 1.29 is 27.4 Å². The van der Waals surface area contributed by atoms with Crippen molar-refractivity contribution in [1.29, 1.82) is 0 Å². The van der Waals surface area contributed by atoms with Crippen molar-refractivity contribution in [1.82, 2.24) is 4.98 Å². The van der Waals surface area contributed by atoms with Gasteiger partial charge in [0.25, 0.3) is 0 Å². The first-order valence-electron chi connectivity index (χ1n) is 5.10. The van der Waals surface area contributed by atoms with E-state index in [-0.39, 0.29) is 27.8 Å². The minimum atomic E-state index is -4.87. The molecule has 0 aliphatic heterocycles. The number of rotatable bonds is 4. The van der Waals surface area contributed by atoms with Gasteiger partial charge in [0, 0.05) is 21.9 Å². The van der Waals surface area contributed by atoms with Gasteiger partial charge in [-0.1, -0.05) is 0 Å². The zero-order valence-corrected chi connectivity index (χ0v) is 11.9. The molecule has 19 heavy (non-hydrogen) atoms. The zero-order valence-electron chi connectivity index (χ0n) is 9.75. The molecule has 1 aromatic rings. The third kappa shape index (κ3) is 4.20. The molecular formula is C10H10F3IN2O3. The van der Waals surface area contributed by atoms with E-state index in [0.717, 1.165) is 6.20 Å². The number of halogens is 4. The Balaban J connectivity index is 3.19. The maximum atomic E-state index is 12.2. The molecule has 0 atom stereocenters. The molecule has 0 aliphatic carbocycles. The molecule has 0 saturated carbocycles. The Morgan fingerprint density at radius 3 is 2.63 bits per heavy atom. The van der Waals surface area contributed by atoms with Crippen molar-refractivity contribution >= 4 is 28.6 Å². The summed E-state index contributed by atoms with van der Waals surface area (Å²) < 4.78 is 45.3. The summed E-state index contributed by atoms with van der Waals surface area (Å²) in [6.07, 6.45) is -3.90. The molecule has 106 valence electrons. The van der Waals surface area contributed by atoms with Crippen LogP contribution in [0.4, 0.5) is 13.2 Å². The lowest BCUT2D eigenvalue weighted by Crippen LogP contribution is -2.21. The molecule has 9 heteroatoms. The number of pyridine rings is 1. The van der Waals surface area contributed by atoms with Crippen LogP contribution >= 0.6 is 22.6 Å². The average molecular weight is 390 g/mol. The highest BCUT2D eigenvalue weighted by Gasteiger charge is 2.33. The molecule has 0 radical (unpaired) electrons. The molecule has 5 nitrogen and oxygen atoms in total. The van der Waals surface area contributed by atoms with E-state index in [1.807, 2.05) is 0 Å². The van der Waals surface area contributed by atoms with Crippen LogP contribution in [0.25, 0.3) is 0 Å². The van der Waals surface area contributed by atoms with Crippen LogP contribution in [0, 0.1) is 3.57 Å². The minimum absolute atomic E-state index is 0.00322. The first-order chi connectivity index (χ1) is 8.80. The number of alkyl halides is 3. The van der Waals surface area contributed by atoms with Gasteiger partial charge < -0.3 is 15.2 Å². The summed E-state index contributed by atoms with van der Waals surface area (Å²) in [7, 11) is 0. The Morgan fingerprint density at radius 1 is 1.53 bits per heavy atom. The Bertz CT molecular complexity index is 480. The number of esters is 1. The van der Waals surface area contributed by atoms with Gasteiger partial charge in [0.05, 0.1) is 12.2 Å². The van der Waals surface area contributed by atoms with Crippen LogP contribution in [0.2, 0.25) is 0 Å². The molecule has 1 aromatic heterocycles. The lowest BCUT2D eigenvalue weighted by molar-refractivity contribution is -0.276. The van der Waals surface area contributed by atoms with E-state index in [2.05, 4.69) is 9.72 Å². The third-order valence-corrected chi connectivity index (χ3v) is 3.21. The van der Waals surface area contributed by atoms with Crippen molar-refractivity contribution in [2.75, 3.05) is 6.61 Å². The number of carbonyl (C=O) groups excluding carboxylic acids is 1. The second-order valence-corrected chi connectivity index (χ2v) is 4.32. The van der Waals surface area contributed by atoms with Crippen LogP contribution in [0.1, 0.15) is 22.8 Å². The number of nitrogens with two attached hydrogens (primary N) is 1. The van der Waals surface area contributed by atoms with Crippen LogP contribution in [0.15, 0.2) is 6.20 Å². The number of ether oxygens (including phenoxy) is 2. The van der Waals surface area contributed by atoms with Crippen LogP contribution in [-0.2, 0) is 11.3 Å². The van der Waals surface area contributed by atoms with Gasteiger partial charge >= 0.3 is 12.3 Å². The summed E-state index contributed by atoms with van der Waals surface area (Å²) in [6.45, 7) is 1.51. The number of hydrogen-bond acceptors (Lipinski definition) is 5. The SMILES string of the molecule is CCOC(=O)c1cnc(OC(F)(F)F)c(CN)c1I. The van der Waals surface area contributed by atoms with Crippen molar-refractivity contribution in [3.05, 3.63) is 20.9 Å². The Kier molecular flexibility index (Phi) is 5.35. The van der Waals surface area contributed by atoms with E-state index >= 15 is 0 Å². The topological polar surface area (TPSA) is 74.4 Å². The third-order valence-electron chi connectivity index (χ3n) is 1.98. The number of nitrogens with zero attached hydrogens (tertiary/aromatic N) is 1. The number of aromatic nitrogens is 1. The summed E-state index contributed by atoms with van der Waals surface area (Å²) in [5.74, 6) is -1.33. The molecule has 0 saturated heterocycles. The second-order valence-electron chi connectivity index (χ2n) is 3.24. The van der Waals surface area contributed by atoms with Gasteiger partial charge in [-0.25, -0.2) is 9.78 Å². The fraction of sp³-hybridized carbons (Fsp3) is 0.400. The molecule has 0 unspecified atom stereocenters. The molecule has 0 amide bonds. The predicted molar refractivity (Wildman–Crippen MR) is 67.5 cm³/mol. The average Bonchev–Trinajstić information content (AvgIpc) is 2.27. The predicted octanol–water partition coefficient (Wildman–Crippen LogP) is 2.22. The summed E-state index contributed by atoms with van der Waals surface area (Å²) in [5.41, 5.74) is 5.43. The Morgan fingerprint density at radius 2 is 2.16 bits per heavy atom. The van der Waals surface area contributed by atoms with E-state index < -0.39 is 18.2 Å². The molecule has 0 aliphatic rings. The minimum Gasteiger partial charge on any atom is -0.462 e. The lowest BCUT2D eigenvalue weighted by atomic mass is 10.2. The van der Waals surface area contributed by atoms with Gasteiger partial charge in [-0.3, -0.25) is 0 Å². The quantitative estimate of drug-likeness (QED) is 0.631. The largest absolute Gasteiger partial charge is 0.574 e. The number of hydrogen-bond donors (Lipinski definition) is 1. The normalized spacial score (nSPS) is 11.3. The number of carbonyl (C=O) groups is 1. The molecule has 0 aromatic carbocycles. The standard InChI is InChI=1S/C10H10F3IN2O3/c1-2-18-9(17)6-4-16-8(19-10(11,12)13)5(3-15)7(6)14/h4H,2-3,15H2,1H3. The van der Waals surface area contributed by atoms with Gasteiger partial charge in [-0.15, -0.1) is 13.2 Å². The summed E-state index contributed by atoms with van der Waals surface area (Å²) >= 11 is 1.70. The van der Waals surface area contributed by atoms with Crippen molar-refractivity contribution in [2.45, 2.75) is 19.8 Å². The molecule has 1 rings (SSSR count). The van der Waals surface area contributed by atoms with Gasteiger partial charge in [0.2, 0.25) is 5.88 Å². The van der Waals surface area contributed by atoms with Crippen LogP contribution in [0.3, 0.4) is 0 Å². The van der Waals surface area contributed by atoms with Gasteiger partial charge in [0.15, 0.2) is 0 Å². The maximum absolute atomic E-state index is 12.2. The highest BCUT2D eigenvalue weighted by Crippen LogP contribution is 2.29. The first-order valence-corrected chi connectivity index (χ1v) is 6.18. The molecule has 0 fully saturated rings. The molecule has 0 spiro atoms.